The molecule has 2 heterocycles. The molecule has 2 saturated heterocycles. The average Bonchev–Trinajstić information content (AvgIpc) is 2.57. The third kappa shape index (κ3) is 1.46. The van der Waals surface area contributed by atoms with Gasteiger partial charge >= 0.3 is 0 Å². The standard InChI is InChI=1S/C10H15F2NO/c1-14-7-10-2-8(4-11)5-13(10)6-9(12)3-10/h4,9H,2-3,5-7H2,1H3/b8-4+/t9-,10-/m1/s1. The minimum Gasteiger partial charge on any atom is -0.383 e. The number of ether oxygens (including phenoxy) is 1. The van der Waals surface area contributed by atoms with Gasteiger partial charge in [0.2, 0.25) is 0 Å². The Morgan fingerprint density at radius 2 is 2.50 bits per heavy atom. The van der Waals surface area contributed by atoms with Crippen LogP contribution < -0.4 is 0 Å². The highest BCUT2D eigenvalue weighted by Crippen LogP contribution is 2.42. The molecule has 0 spiro atoms. The highest BCUT2D eigenvalue weighted by Gasteiger charge is 2.50. The van der Waals surface area contributed by atoms with E-state index >= 15 is 0 Å². The first-order valence-electron chi connectivity index (χ1n) is 4.86. The topological polar surface area (TPSA) is 12.5 Å². The number of hydrogen-bond acceptors (Lipinski definition) is 2. The fourth-order valence-corrected chi connectivity index (χ4v) is 2.72. The first-order chi connectivity index (χ1) is 6.70. The van der Waals surface area contributed by atoms with Gasteiger partial charge in [-0.2, -0.15) is 0 Å². The number of rotatable bonds is 2. The van der Waals surface area contributed by atoms with Gasteiger partial charge in [-0.3, -0.25) is 4.90 Å². The first kappa shape index (κ1) is 10.1. The van der Waals surface area contributed by atoms with Crippen molar-refractivity contribution in [3.63, 3.8) is 0 Å². The summed E-state index contributed by atoms with van der Waals surface area (Å²) in [7, 11) is 1.61. The van der Waals surface area contributed by atoms with Gasteiger partial charge in [-0.25, -0.2) is 8.78 Å². The van der Waals surface area contributed by atoms with Crippen LogP contribution in [-0.2, 0) is 4.74 Å². The zero-order chi connectivity index (χ0) is 10.2. The van der Waals surface area contributed by atoms with Crippen molar-refractivity contribution >= 4 is 0 Å². The number of methoxy groups -OCH3 is 1. The molecule has 0 unspecified atom stereocenters. The molecule has 0 aromatic carbocycles. The molecule has 2 aliphatic heterocycles. The summed E-state index contributed by atoms with van der Waals surface area (Å²) in [6, 6.07) is 0. The molecule has 0 radical (unpaired) electrons. The Labute approximate surface area is 82.5 Å². The first-order valence-corrected chi connectivity index (χ1v) is 4.86. The summed E-state index contributed by atoms with van der Waals surface area (Å²) in [5.74, 6) is 0. The summed E-state index contributed by atoms with van der Waals surface area (Å²) >= 11 is 0. The normalized spacial score (nSPS) is 40.8. The van der Waals surface area contributed by atoms with E-state index in [9.17, 15) is 8.78 Å². The summed E-state index contributed by atoms with van der Waals surface area (Å²) in [5.41, 5.74) is 0.487. The summed E-state index contributed by atoms with van der Waals surface area (Å²) in [6.07, 6.45) is 0.949. The van der Waals surface area contributed by atoms with Gasteiger partial charge in [-0.1, -0.05) is 0 Å². The lowest BCUT2D eigenvalue weighted by molar-refractivity contribution is 0.0653. The Morgan fingerprint density at radius 1 is 1.71 bits per heavy atom. The number of fused-ring (bicyclic) bond motifs is 1. The van der Waals surface area contributed by atoms with Crippen molar-refractivity contribution in [2.75, 3.05) is 26.8 Å². The van der Waals surface area contributed by atoms with Gasteiger partial charge in [0.05, 0.1) is 18.5 Å². The van der Waals surface area contributed by atoms with Crippen LogP contribution in [-0.4, -0.2) is 43.4 Å². The van der Waals surface area contributed by atoms with E-state index in [0.29, 0.717) is 38.9 Å². The predicted molar refractivity (Wildman–Crippen MR) is 49.5 cm³/mol. The van der Waals surface area contributed by atoms with Crippen LogP contribution in [0.4, 0.5) is 8.78 Å². The predicted octanol–water partition coefficient (Wildman–Crippen LogP) is 1.67. The van der Waals surface area contributed by atoms with Gasteiger partial charge in [0.15, 0.2) is 0 Å². The van der Waals surface area contributed by atoms with Crippen molar-refractivity contribution in [2.45, 2.75) is 24.6 Å². The molecule has 4 heteroatoms. The summed E-state index contributed by atoms with van der Waals surface area (Å²) in [5, 5.41) is 0. The molecule has 0 aromatic rings. The monoisotopic (exact) mass is 203 g/mol. The Hall–Kier alpha value is -0.480. The second-order valence-corrected chi connectivity index (χ2v) is 4.28. The second kappa shape index (κ2) is 3.59. The van der Waals surface area contributed by atoms with Gasteiger partial charge in [-0.05, 0) is 12.0 Å². The van der Waals surface area contributed by atoms with Crippen LogP contribution in [0.25, 0.3) is 0 Å². The van der Waals surface area contributed by atoms with Crippen LogP contribution in [0.3, 0.4) is 0 Å². The van der Waals surface area contributed by atoms with Gasteiger partial charge in [0, 0.05) is 26.6 Å². The van der Waals surface area contributed by atoms with Crippen molar-refractivity contribution in [1.29, 1.82) is 0 Å². The summed E-state index contributed by atoms with van der Waals surface area (Å²) in [6.45, 7) is 1.46. The van der Waals surface area contributed by atoms with E-state index in [-0.39, 0.29) is 5.54 Å². The molecule has 2 atom stereocenters. The van der Waals surface area contributed by atoms with Crippen molar-refractivity contribution in [1.82, 2.24) is 4.90 Å². The fourth-order valence-electron chi connectivity index (χ4n) is 2.72. The molecule has 14 heavy (non-hydrogen) atoms. The van der Waals surface area contributed by atoms with Crippen molar-refractivity contribution in [2.24, 2.45) is 0 Å². The molecular weight excluding hydrogens is 188 g/mol. The molecule has 2 nitrogen and oxygen atoms in total. The Balaban J connectivity index is 2.17. The SMILES string of the molecule is COC[C@]12C/C(=C\F)CN1C[C@H](F)C2. The van der Waals surface area contributed by atoms with E-state index in [2.05, 4.69) is 0 Å². The largest absolute Gasteiger partial charge is 0.383 e. The van der Waals surface area contributed by atoms with Gasteiger partial charge < -0.3 is 4.74 Å². The van der Waals surface area contributed by atoms with Gasteiger partial charge in [0.25, 0.3) is 0 Å². The van der Waals surface area contributed by atoms with Crippen molar-refractivity contribution < 1.29 is 13.5 Å². The molecule has 0 amide bonds. The molecule has 2 rings (SSSR count). The molecule has 0 N–H and O–H groups in total. The lowest BCUT2D eigenvalue weighted by Crippen LogP contribution is -2.42. The molecular formula is C10H15F2NO. The number of halogens is 2. The van der Waals surface area contributed by atoms with Crippen LogP contribution >= 0.6 is 0 Å². The summed E-state index contributed by atoms with van der Waals surface area (Å²) < 4.78 is 30.7. The molecule has 0 bridgehead atoms. The second-order valence-electron chi connectivity index (χ2n) is 4.28. The maximum Gasteiger partial charge on any atom is 0.115 e. The Bertz CT molecular complexity index is 257. The number of nitrogens with zero attached hydrogens (tertiary/aromatic N) is 1. The smallest absolute Gasteiger partial charge is 0.115 e. The van der Waals surface area contributed by atoms with Gasteiger partial charge in [-0.15, -0.1) is 0 Å². The van der Waals surface area contributed by atoms with Crippen molar-refractivity contribution in [3.05, 3.63) is 11.9 Å². The fraction of sp³-hybridized carbons (Fsp3) is 0.800. The highest BCUT2D eigenvalue weighted by molar-refractivity contribution is 5.20. The number of hydrogen-bond donors (Lipinski definition) is 0. The maximum absolute atomic E-state index is 13.2. The molecule has 0 aromatic heterocycles. The molecule has 2 aliphatic rings. The molecule has 2 fully saturated rings. The lowest BCUT2D eigenvalue weighted by Gasteiger charge is -2.29. The lowest BCUT2D eigenvalue weighted by atomic mass is 9.93. The van der Waals surface area contributed by atoms with E-state index in [1.54, 1.807) is 7.11 Å². The Kier molecular flexibility index (Phi) is 2.58. The quantitative estimate of drug-likeness (QED) is 0.677. The maximum atomic E-state index is 13.2. The van der Waals surface area contributed by atoms with Crippen LogP contribution in [0.2, 0.25) is 0 Å². The van der Waals surface area contributed by atoms with E-state index in [1.165, 1.54) is 0 Å². The van der Waals surface area contributed by atoms with Crippen LogP contribution in [0, 0.1) is 0 Å². The minimum absolute atomic E-state index is 0.272. The highest BCUT2D eigenvalue weighted by atomic mass is 19.1. The van der Waals surface area contributed by atoms with E-state index in [4.69, 9.17) is 4.74 Å². The van der Waals surface area contributed by atoms with Gasteiger partial charge in [0.1, 0.15) is 6.17 Å². The van der Waals surface area contributed by atoms with Crippen molar-refractivity contribution in [3.8, 4) is 0 Å². The van der Waals surface area contributed by atoms with E-state index in [1.807, 2.05) is 4.90 Å². The van der Waals surface area contributed by atoms with E-state index < -0.39 is 6.17 Å². The minimum atomic E-state index is -0.786. The summed E-state index contributed by atoms with van der Waals surface area (Å²) in [4.78, 5) is 2.01. The number of alkyl halides is 1. The zero-order valence-corrected chi connectivity index (χ0v) is 8.30. The van der Waals surface area contributed by atoms with E-state index in [0.717, 1.165) is 5.57 Å². The van der Waals surface area contributed by atoms with Crippen LogP contribution in [0.1, 0.15) is 12.8 Å². The zero-order valence-electron chi connectivity index (χ0n) is 8.30. The van der Waals surface area contributed by atoms with Crippen LogP contribution in [0.5, 0.6) is 0 Å². The molecule has 0 saturated carbocycles. The third-order valence-corrected chi connectivity index (χ3v) is 3.21. The third-order valence-electron chi connectivity index (χ3n) is 3.21. The average molecular weight is 203 g/mol. The van der Waals surface area contributed by atoms with Crippen LogP contribution in [0.15, 0.2) is 11.9 Å². The Morgan fingerprint density at radius 3 is 3.14 bits per heavy atom. The molecule has 0 aliphatic carbocycles. The molecule has 80 valence electrons.